The van der Waals surface area contributed by atoms with Crippen molar-refractivity contribution in [2.24, 2.45) is 0 Å². The Labute approximate surface area is 124 Å². The largest absolute Gasteiger partial charge is 0.494 e. The summed E-state index contributed by atoms with van der Waals surface area (Å²) in [7, 11) is 0. The molecule has 21 heavy (non-hydrogen) atoms. The molecule has 8 heteroatoms. The quantitative estimate of drug-likeness (QED) is 0.579. The molecule has 0 aliphatic rings. The molecule has 2 aromatic rings. The molecule has 0 saturated heterocycles. The average Bonchev–Trinajstić information content (AvgIpc) is 2.85. The maximum absolute atomic E-state index is 12.3. The molecule has 0 N–H and O–H groups in total. The number of hydrogen-bond acceptors (Lipinski definition) is 4. The fourth-order valence-electron chi connectivity index (χ4n) is 1.59. The number of ether oxygens (including phenoxy) is 1. The van der Waals surface area contributed by atoms with Gasteiger partial charge in [0, 0.05) is 5.75 Å². The SMILES string of the molecule is FC(F)(F)Cn1cnnc1SCCCOc1ccccc1. The summed E-state index contributed by atoms with van der Waals surface area (Å²) in [4.78, 5) is 0. The van der Waals surface area contributed by atoms with Gasteiger partial charge in [-0.1, -0.05) is 30.0 Å². The monoisotopic (exact) mass is 317 g/mol. The minimum Gasteiger partial charge on any atom is -0.494 e. The van der Waals surface area contributed by atoms with Crippen molar-refractivity contribution in [3.63, 3.8) is 0 Å². The zero-order valence-electron chi connectivity index (χ0n) is 11.1. The lowest BCUT2D eigenvalue weighted by Gasteiger charge is -2.09. The van der Waals surface area contributed by atoms with E-state index in [1.807, 2.05) is 30.3 Å². The molecule has 0 radical (unpaired) electrons. The maximum Gasteiger partial charge on any atom is 0.406 e. The number of halogens is 3. The van der Waals surface area contributed by atoms with Gasteiger partial charge in [-0.15, -0.1) is 10.2 Å². The molecule has 0 unspecified atom stereocenters. The molecular formula is C13H14F3N3OS. The topological polar surface area (TPSA) is 39.9 Å². The van der Waals surface area contributed by atoms with Crippen molar-refractivity contribution >= 4 is 11.8 Å². The second kappa shape index (κ2) is 7.35. The summed E-state index contributed by atoms with van der Waals surface area (Å²) < 4.78 is 43.5. The van der Waals surface area contributed by atoms with Crippen LogP contribution in [0.4, 0.5) is 13.2 Å². The lowest BCUT2D eigenvalue weighted by atomic mass is 10.3. The van der Waals surface area contributed by atoms with Crippen LogP contribution in [0.5, 0.6) is 5.75 Å². The third-order valence-corrected chi connectivity index (χ3v) is 3.53. The number of benzene rings is 1. The van der Waals surface area contributed by atoms with Crippen molar-refractivity contribution in [1.29, 1.82) is 0 Å². The van der Waals surface area contributed by atoms with E-state index in [1.54, 1.807) is 0 Å². The van der Waals surface area contributed by atoms with Gasteiger partial charge in [-0.05, 0) is 18.6 Å². The Balaban J connectivity index is 1.71. The third kappa shape index (κ3) is 5.66. The van der Waals surface area contributed by atoms with Crippen LogP contribution in [0.15, 0.2) is 41.8 Å². The molecule has 0 aliphatic heterocycles. The standard InChI is InChI=1S/C13H14F3N3OS/c14-13(15,16)9-19-10-17-18-12(19)21-8-4-7-20-11-5-2-1-3-6-11/h1-3,5-6,10H,4,7-9H2. The number of thioether (sulfide) groups is 1. The third-order valence-electron chi connectivity index (χ3n) is 2.46. The maximum atomic E-state index is 12.3. The van der Waals surface area contributed by atoms with E-state index in [0.717, 1.165) is 16.6 Å². The first kappa shape index (κ1) is 15.7. The summed E-state index contributed by atoms with van der Waals surface area (Å²) in [5.74, 6) is 1.39. The first-order valence-corrected chi connectivity index (χ1v) is 7.28. The Morgan fingerprint density at radius 2 is 1.95 bits per heavy atom. The van der Waals surface area contributed by atoms with Gasteiger partial charge in [-0.2, -0.15) is 13.2 Å². The first-order valence-electron chi connectivity index (χ1n) is 6.30. The van der Waals surface area contributed by atoms with Crippen LogP contribution >= 0.6 is 11.8 Å². The summed E-state index contributed by atoms with van der Waals surface area (Å²) in [6, 6.07) is 9.36. The van der Waals surface area contributed by atoms with Crippen molar-refractivity contribution in [3.05, 3.63) is 36.7 Å². The number of rotatable bonds is 7. The van der Waals surface area contributed by atoms with Crippen LogP contribution in [-0.2, 0) is 6.54 Å². The predicted octanol–water partition coefficient (Wildman–Crippen LogP) is 3.40. The van der Waals surface area contributed by atoms with Gasteiger partial charge in [-0.25, -0.2) is 0 Å². The van der Waals surface area contributed by atoms with Gasteiger partial charge in [0.2, 0.25) is 0 Å². The van der Waals surface area contributed by atoms with Crippen LogP contribution in [-0.4, -0.2) is 33.3 Å². The van der Waals surface area contributed by atoms with Crippen molar-refractivity contribution in [1.82, 2.24) is 14.8 Å². The Morgan fingerprint density at radius 3 is 2.67 bits per heavy atom. The Hall–Kier alpha value is -1.70. The van der Waals surface area contributed by atoms with Gasteiger partial charge in [0.05, 0.1) is 6.61 Å². The number of aromatic nitrogens is 3. The molecule has 0 atom stereocenters. The predicted molar refractivity (Wildman–Crippen MR) is 73.4 cm³/mol. The fourth-order valence-corrected chi connectivity index (χ4v) is 2.41. The Bertz CT molecular complexity index is 545. The van der Waals surface area contributed by atoms with Crippen LogP contribution in [0.25, 0.3) is 0 Å². The number of para-hydroxylation sites is 1. The van der Waals surface area contributed by atoms with Crippen molar-refractivity contribution in [2.75, 3.05) is 12.4 Å². The van der Waals surface area contributed by atoms with Crippen LogP contribution in [0.3, 0.4) is 0 Å². The lowest BCUT2D eigenvalue weighted by Crippen LogP contribution is -2.17. The van der Waals surface area contributed by atoms with Crippen molar-refractivity contribution < 1.29 is 17.9 Å². The summed E-state index contributed by atoms with van der Waals surface area (Å²) in [5.41, 5.74) is 0. The van der Waals surface area contributed by atoms with Crippen molar-refractivity contribution in [3.8, 4) is 5.75 Å². The lowest BCUT2D eigenvalue weighted by molar-refractivity contribution is -0.142. The first-order chi connectivity index (χ1) is 10.0. The van der Waals surface area contributed by atoms with Gasteiger partial charge >= 0.3 is 6.18 Å². The highest BCUT2D eigenvalue weighted by Gasteiger charge is 2.29. The van der Waals surface area contributed by atoms with Crippen LogP contribution in [0.2, 0.25) is 0 Å². The summed E-state index contributed by atoms with van der Waals surface area (Å²) in [6.45, 7) is -0.562. The van der Waals surface area contributed by atoms with E-state index >= 15 is 0 Å². The van der Waals surface area contributed by atoms with Gasteiger partial charge in [0.1, 0.15) is 18.6 Å². The molecule has 1 aromatic heterocycles. The van der Waals surface area contributed by atoms with Gasteiger partial charge in [0.15, 0.2) is 5.16 Å². The van der Waals surface area contributed by atoms with Gasteiger partial charge in [-0.3, -0.25) is 4.57 Å². The molecule has 0 fully saturated rings. The van der Waals surface area contributed by atoms with E-state index in [-0.39, 0.29) is 5.16 Å². The molecule has 114 valence electrons. The van der Waals surface area contributed by atoms with Gasteiger partial charge < -0.3 is 4.74 Å². The molecule has 0 amide bonds. The fraction of sp³-hybridized carbons (Fsp3) is 0.385. The zero-order chi connectivity index (χ0) is 15.1. The van der Waals surface area contributed by atoms with E-state index < -0.39 is 12.7 Å². The molecular weight excluding hydrogens is 303 g/mol. The highest BCUT2D eigenvalue weighted by molar-refractivity contribution is 7.99. The van der Waals surface area contributed by atoms with E-state index in [9.17, 15) is 13.2 Å². The van der Waals surface area contributed by atoms with E-state index in [1.165, 1.54) is 11.8 Å². The second-order valence-electron chi connectivity index (χ2n) is 4.22. The molecule has 0 aliphatic carbocycles. The molecule has 1 heterocycles. The summed E-state index contributed by atoms with van der Waals surface area (Å²) in [5, 5.41) is 7.48. The van der Waals surface area contributed by atoms with Gasteiger partial charge in [0.25, 0.3) is 0 Å². The summed E-state index contributed by atoms with van der Waals surface area (Å²) in [6.07, 6.45) is -2.47. The smallest absolute Gasteiger partial charge is 0.406 e. The average molecular weight is 317 g/mol. The number of hydrogen-bond donors (Lipinski definition) is 0. The minimum absolute atomic E-state index is 0.270. The highest BCUT2D eigenvalue weighted by atomic mass is 32.2. The number of alkyl halides is 3. The Morgan fingerprint density at radius 1 is 1.19 bits per heavy atom. The minimum atomic E-state index is -4.27. The summed E-state index contributed by atoms with van der Waals surface area (Å²) >= 11 is 1.24. The zero-order valence-corrected chi connectivity index (χ0v) is 11.9. The molecule has 4 nitrogen and oxygen atoms in total. The molecule has 2 rings (SSSR count). The van der Waals surface area contributed by atoms with E-state index in [4.69, 9.17) is 4.74 Å². The van der Waals surface area contributed by atoms with Crippen LogP contribution in [0, 0.1) is 0 Å². The number of nitrogens with zero attached hydrogens (tertiary/aromatic N) is 3. The molecule has 1 aromatic carbocycles. The Kier molecular flexibility index (Phi) is 5.49. The molecule has 0 saturated carbocycles. The van der Waals surface area contributed by atoms with Crippen molar-refractivity contribution in [2.45, 2.75) is 24.3 Å². The van der Waals surface area contributed by atoms with Crippen LogP contribution in [0.1, 0.15) is 6.42 Å². The van der Waals surface area contributed by atoms with Crippen LogP contribution < -0.4 is 4.74 Å². The normalized spacial score (nSPS) is 11.6. The van der Waals surface area contributed by atoms with E-state index in [2.05, 4.69) is 10.2 Å². The van der Waals surface area contributed by atoms with E-state index in [0.29, 0.717) is 18.8 Å². The second-order valence-corrected chi connectivity index (χ2v) is 5.28. The molecule has 0 bridgehead atoms. The molecule has 0 spiro atoms. The highest BCUT2D eigenvalue weighted by Crippen LogP contribution is 2.22.